The largest absolute Gasteiger partial charge is 0.496 e. The van der Waals surface area contributed by atoms with Gasteiger partial charge in [-0.1, -0.05) is 5.21 Å². The molecule has 0 aliphatic carbocycles. The predicted octanol–water partition coefficient (Wildman–Crippen LogP) is 2.27. The number of carbonyl (C=O) groups is 4. The van der Waals surface area contributed by atoms with Crippen LogP contribution in [0.25, 0.3) is 27.6 Å². The van der Waals surface area contributed by atoms with Crippen molar-refractivity contribution in [2.24, 2.45) is 7.05 Å². The van der Waals surface area contributed by atoms with Crippen molar-refractivity contribution in [2.75, 3.05) is 27.8 Å². The molecule has 1 N–H and O–H groups in total. The first kappa shape index (κ1) is 33.3. The number of likely N-dealkylation sites (N-methyl/N-ethyl adjacent to an activating group) is 1. The lowest BCUT2D eigenvalue weighted by Crippen LogP contribution is -2.54. The molecule has 2 aromatic carbocycles. The van der Waals surface area contributed by atoms with E-state index in [1.807, 2.05) is 25.2 Å². The number of fused-ring (bicyclic) bond motifs is 2. The number of rotatable bonds is 10. The van der Waals surface area contributed by atoms with Crippen LogP contribution in [0.1, 0.15) is 44.8 Å². The maximum atomic E-state index is 13.3. The van der Waals surface area contributed by atoms with Crippen molar-refractivity contribution < 1.29 is 28.7 Å². The molecule has 0 bridgehead atoms. The molecule has 2 aliphatic rings. The molecule has 51 heavy (non-hydrogen) atoms. The zero-order chi connectivity index (χ0) is 36.0. The molecule has 3 aromatic heterocycles. The van der Waals surface area contributed by atoms with Crippen molar-refractivity contribution in [3.8, 4) is 28.3 Å². The number of nitrogens with one attached hydrogen (secondary N) is 1. The summed E-state index contributed by atoms with van der Waals surface area (Å²) in [5.74, 6) is -0.971. The van der Waals surface area contributed by atoms with Gasteiger partial charge in [-0.05, 0) is 60.8 Å². The number of benzene rings is 2. The second-order valence-electron chi connectivity index (χ2n) is 12.6. The van der Waals surface area contributed by atoms with E-state index < -0.39 is 29.7 Å². The average molecular weight is 691 g/mol. The highest BCUT2D eigenvalue weighted by molar-refractivity contribution is 6.23. The van der Waals surface area contributed by atoms with Crippen LogP contribution in [0.4, 0.5) is 0 Å². The number of aryl methyl sites for hydroxylation is 1. The van der Waals surface area contributed by atoms with Crippen molar-refractivity contribution in [3.05, 3.63) is 93.9 Å². The maximum absolute atomic E-state index is 13.3. The molecule has 2 aliphatic heterocycles. The van der Waals surface area contributed by atoms with Gasteiger partial charge in [0.05, 0.1) is 53.9 Å². The highest BCUT2D eigenvalue weighted by atomic mass is 16.5. The Morgan fingerprint density at radius 1 is 0.922 bits per heavy atom. The quantitative estimate of drug-likeness (QED) is 0.213. The minimum absolute atomic E-state index is 0.0492. The van der Waals surface area contributed by atoms with Gasteiger partial charge >= 0.3 is 0 Å². The third-order valence-corrected chi connectivity index (χ3v) is 9.31. The fourth-order valence-electron chi connectivity index (χ4n) is 6.63. The topological polar surface area (TPSA) is 171 Å². The second-order valence-corrected chi connectivity index (χ2v) is 12.6. The zero-order valence-corrected chi connectivity index (χ0v) is 28.4. The van der Waals surface area contributed by atoms with Gasteiger partial charge < -0.3 is 18.9 Å². The Morgan fingerprint density at radius 2 is 1.67 bits per heavy atom. The summed E-state index contributed by atoms with van der Waals surface area (Å²) in [7, 11) is 6.90. The number of nitrogens with zero attached hydrogens (tertiary/aromatic N) is 7. The summed E-state index contributed by atoms with van der Waals surface area (Å²) in [6.07, 6.45) is 7.49. The Hall–Kier alpha value is -6.22. The van der Waals surface area contributed by atoms with E-state index in [2.05, 4.69) is 25.5 Å². The molecule has 260 valence electrons. The number of imide groups is 2. The molecule has 0 saturated carbocycles. The molecule has 7 rings (SSSR count). The third kappa shape index (κ3) is 6.01. The van der Waals surface area contributed by atoms with E-state index in [1.54, 1.807) is 62.8 Å². The van der Waals surface area contributed by atoms with Crippen LogP contribution < -0.4 is 20.3 Å². The Kier molecular flexibility index (Phi) is 8.64. The summed E-state index contributed by atoms with van der Waals surface area (Å²) >= 11 is 0. The molecule has 1 fully saturated rings. The number of amides is 4. The van der Waals surface area contributed by atoms with Crippen LogP contribution in [0, 0.1) is 0 Å². The highest BCUT2D eigenvalue weighted by Crippen LogP contribution is 2.38. The van der Waals surface area contributed by atoms with Crippen LogP contribution in [0.5, 0.6) is 11.5 Å². The number of methoxy groups -OCH3 is 2. The maximum Gasteiger partial charge on any atom is 0.262 e. The lowest BCUT2D eigenvalue weighted by molar-refractivity contribution is -0.136. The summed E-state index contributed by atoms with van der Waals surface area (Å²) in [4.78, 5) is 70.2. The summed E-state index contributed by atoms with van der Waals surface area (Å²) in [5.41, 5.74) is 4.00. The number of hydrogen-bond acceptors (Lipinski definition) is 11. The lowest BCUT2D eigenvalue weighted by atomic mass is 9.99. The number of pyridine rings is 2. The number of ether oxygens (including phenoxy) is 2. The van der Waals surface area contributed by atoms with Gasteiger partial charge in [0, 0.05) is 57.1 Å². The summed E-state index contributed by atoms with van der Waals surface area (Å²) in [6.45, 7) is 1.12. The lowest BCUT2D eigenvalue weighted by Gasteiger charge is -2.27. The molecule has 15 nitrogen and oxygen atoms in total. The zero-order valence-electron chi connectivity index (χ0n) is 28.4. The van der Waals surface area contributed by atoms with Gasteiger partial charge in [0.2, 0.25) is 11.8 Å². The molecular formula is C36H34N8O7. The third-order valence-electron chi connectivity index (χ3n) is 9.31. The van der Waals surface area contributed by atoms with E-state index in [0.717, 1.165) is 27.0 Å². The molecule has 15 heteroatoms. The van der Waals surface area contributed by atoms with Crippen LogP contribution in [0.3, 0.4) is 0 Å². The molecule has 1 unspecified atom stereocenters. The normalized spacial score (nSPS) is 15.9. The molecule has 1 saturated heterocycles. The van der Waals surface area contributed by atoms with Crippen LogP contribution in [0.15, 0.2) is 66.0 Å². The van der Waals surface area contributed by atoms with Crippen LogP contribution >= 0.6 is 0 Å². The Balaban J connectivity index is 1.05. The van der Waals surface area contributed by atoms with Crippen LogP contribution in [0.2, 0.25) is 0 Å². The highest BCUT2D eigenvalue weighted by Gasteiger charge is 2.44. The van der Waals surface area contributed by atoms with Gasteiger partial charge in [-0.3, -0.25) is 39.2 Å². The Labute approximate surface area is 291 Å². The van der Waals surface area contributed by atoms with E-state index in [9.17, 15) is 24.0 Å². The molecule has 0 spiro atoms. The molecule has 1 atom stereocenters. The minimum Gasteiger partial charge on any atom is -0.496 e. The minimum atomic E-state index is -1.04. The van der Waals surface area contributed by atoms with E-state index in [4.69, 9.17) is 9.47 Å². The average Bonchev–Trinajstić information content (AvgIpc) is 3.71. The van der Waals surface area contributed by atoms with Crippen molar-refractivity contribution in [1.29, 1.82) is 0 Å². The second kappa shape index (κ2) is 13.2. The van der Waals surface area contributed by atoms with Crippen molar-refractivity contribution >= 4 is 34.4 Å². The monoisotopic (exact) mass is 690 g/mol. The summed E-state index contributed by atoms with van der Waals surface area (Å²) in [6, 6.07) is 9.43. The van der Waals surface area contributed by atoms with E-state index >= 15 is 0 Å². The molecule has 4 amide bonds. The SMILES string of the molecule is COc1cc(-c2cn(C)c(=O)c3cnccc23)cc(OC)c1CN(C)CCc1cn(-c2ccc3c(c2)C(=O)N(C2CCC(=O)NC2=O)C3=O)nn1. The first-order chi connectivity index (χ1) is 24.6. The Bertz CT molecular complexity index is 2290. The van der Waals surface area contributed by atoms with Crippen LogP contribution in [-0.2, 0) is 29.6 Å². The standard InChI is InChI=1S/C36H34N8O7/c1-41(18-28-30(50-3)13-20(14-31(28)51-4)27-19-42(2)34(47)26-16-37-11-9-23(26)27)12-10-21-17-43(40-39-21)22-5-6-24-25(15-22)36(49)44(35(24)48)29-7-8-32(45)38-33(29)46/h5-6,9,11,13-17,19,29H,7-8,10,12,18H2,1-4H3,(H,38,45,46). The summed E-state index contributed by atoms with van der Waals surface area (Å²) in [5, 5.41) is 12.1. The van der Waals surface area contributed by atoms with E-state index in [0.29, 0.717) is 47.8 Å². The first-order valence-electron chi connectivity index (χ1n) is 16.2. The molecular weight excluding hydrogens is 656 g/mol. The smallest absolute Gasteiger partial charge is 0.262 e. The number of carbonyl (C=O) groups excluding carboxylic acids is 4. The first-order valence-corrected chi connectivity index (χ1v) is 16.2. The molecule has 5 aromatic rings. The van der Waals surface area contributed by atoms with Crippen molar-refractivity contribution in [3.63, 3.8) is 0 Å². The van der Waals surface area contributed by atoms with Gasteiger partial charge in [-0.2, -0.15) is 0 Å². The molecule has 5 heterocycles. The number of aromatic nitrogens is 5. The van der Waals surface area contributed by atoms with Gasteiger partial charge in [0.25, 0.3) is 17.4 Å². The number of piperidine rings is 1. The van der Waals surface area contributed by atoms with Crippen molar-refractivity contribution in [2.45, 2.75) is 31.8 Å². The van der Waals surface area contributed by atoms with Crippen molar-refractivity contribution in [1.82, 2.24) is 39.7 Å². The summed E-state index contributed by atoms with van der Waals surface area (Å²) < 4.78 is 14.7. The van der Waals surface area contributed by atoms with Gasteiger partial charge in [-0.15, -0.1) is 5.10 Å². The Morgan fingerprint density at radius 3 is 2.39 bits per heavy atom. The fourth-order valence-corrected chi connectivity index (χ4v) is 6.63. The van der Waals surface area contributed by atoms with E-state index in [1.165, 1.54) is 10.7 Å². The van der Waals surface area contributed by atoms with Gasteiger partial charge in [0.1, 0.15) is 17.5 Å². The predicted molar refractivity (Wildman–Crippen MR) is 184 cm³/mol. The van der Waals surface area contributed by atoms with Crippen LogP contribution in [-0.4, -0.2) is 91.8 Å². The number of hydrogen-bond donors (Lipinski definition) is 1. The van der Waals surface area contributed by atoms with Gasteiger partial charge in [0.15, 0.2) is 0 Å². The van der Waals surface area contributed by atoms with Gasteiger partial charge in [-0.25, -0.2) is 4.68 Å². The fraction of sp³-hybridized carbons (Fsp3) is 0.278. The van der Waals surface area contributed by atoms with E-state index in [-0.39, 0.29) is 29.5 Å². The molecule has 0 radical (unpaired) electrons.